The maximum atomic E-state index is 13.7. The zero-order chi connectivity index (χ0) is 29.7. The minimum atomic E-state index is -3.59. The average molecular weight is 615 g/mol. The van der Waals surface area contributed by atoms with E-state index in [-0.39, 0.29) is 22.4 Å². The van der Waals surface area contributed by atoms with Crippen LogP contribution in [0.1, 0.15) is 54.1 Å². The van der Waals surface area contributed by atoms with Crippen molar-refractivity contribution < 1.29 is 22.7 Å². The van der Waals surface area contributed by atoms with Crippen molar-refractivity contribution in [3.05, 3.63) is 47.7 Å². The van der Waals surface area contributed by atoms with Crippen molar-refractivity contribution in [2.75, 3.05) is 58.8 Å². The number of carbonyl (C=O) groups excluding carboxylic acids is 2. The van der Waals surface area contributed by atoms with Crippen molar-refractivity contribution in [2.45, 2.75) is 42.9 Å². The summed E-state index contributed by atoms with van der Waals surface area (Å²) in [5.41, 5.74) is 1.64. The van der Waals surface area contributed by atoms with Crippen LogP contribution in [-0.2, 0) is 19.6 Å². The highest BCUT2D eigenvalue weighted by Crippen LogP contribution is 2.36. The summed E-state index contributed by atoms with van der Waals surface area (Å²) >= 11 is 1.22. The van der Waals surface area contributed by atoms with Crippen LogP contribution in [0.15, 0.2) is 41.3 Å². The number of fused-ring (bicyclic) bond motifs is 1. The maximum absolute atomic E-state index is 13.7. The van der Waals surface area contributed by atoms with Gasteiger partial charge < -0.3 is 20.3 Å². The van der Waals surface area contributed by atoms with Gasteiger partial charge in [0, 0.05) is 39.8 Å². The van der Waals surface area contributed by atoms with Crippen LogP contribution in [0.3, 0.4) is 0 Å². The number of benzene rings is 1. The number of thiazole rings is 1. The zero-order valence-electron chi connectivity index (χ0n) is 24.0. The van der Waals surface area contributed by atoms with Crippen LogP contribution >= 0.6 is 11.3 Å². The van der Waals surface area contributed by atoms with Gasteiger partial charge in [-0.2, -0.15) is 4.31 Å². The summed E-state index contributed by atoms with van der Waals surface area (Å²) in [6.45, 7) is 3.11. The number of carbonyl (C=O) groups is 2. The first kappa shape index (κ1) is 30.5. The Bertz CT molecular complexity index is 1500. The van der Waals surface area contributed by atoms with Crippen molar-refractivity contribution >= 4 is 48.7 Å². The van der Waals surface area contributed by atoms with Crippen LogP contribution in [0.2, 0.25) is 0 Å². The molecule has 1 atom stereocenters. The van der Waals surface area contributed by atoms with Crippen molar-refractivity contribution in [2.24, 2.45) is 5.92 Å². The number of amides is 2. The van der Waals surface area contributed by atoms with E-state index in [1.807, 2.05) is 7.05 Å². The maximum Gasteiger partial charge on any atom is 0.270 e. The van der Waals surface area contributed by atoms with Crippen molar-refractivity contribution in [1.29, 1.82) is 0 Å². The van der Waals surface area contributed by atoms with Gasteiger partial charge in [0.1, 0.15) is 16.0 Å². The molecule has 42 heavy (non-hydrogen) atoms. The number of aromatic nitrogens is 2. The lowest BCUT2D eigenvalue weighted by molar-refractivity contribution is -0.118. The van der Waals surface area contributed by atoms with E-state index >= 15 is 0 Å². The molecular formula is C29H38N6O5S2. The Morgan fingerprint density at radius 2 is 1.76 bits per heavy atom. The minimum Gasteiger partial charge on any atom is -0.383 e. The third-order valence-corrected chi connectivity index (χ3v) is 10.8. The van der Waals surface area contributed by atoms with Gasteiger partial charge >= 0.3 is 0 Å². The van der Waals surface area contributed by atoms with Crippen molar-refractivity contribution in [1.82, 2.24) is 24.5 Å². The lowest BCUT2D eigenvalue weighted by atomic mass is 9.87. The predicted octanol–water partition coefficient (Wildman–Crippen LogP) is 3.31. The van der Waals surface area contributed by atoms with E-state index in [1.165, 1.54) is 15.6 Å². The second-order valence-electron chi connectivity index (χ2n) is 11.0. The molecule has 226 valence electrons. The fourth-order valence-corrected chi connectivity index (χ4v) is 7.83. The Kier molecular flexibility index (Phi) is 9.84. The van der Waals surface area contributed by atoms with E-state index in [2.05, 4.69) is 25.5 Å². The number of rotatable bonds is 11. The van der Waals surface area contributed by atoms with E-state index in [4.69, 9.17) is 4.74 Å². The van der Waals surface area contributed by atoms with Gasteiger partial charge in [0.2, 0.25) is 15.9 Å². The number of hydrogen-bond donors (Lipinski definition) is 2. The third kappa shape index (κ3) is 7.14. The Labute approximate surface area is 250 Å². The van der Waals surface area contributed by atoms with Gasteiger partial charge in [0.15, 0.2) is 5.13 Å². The Morgan fingerprint density at radius 1 is 1.05 bits per heavy atom. The molecule has 1 saturated carbocycles. The summed E-state index contributed by atoms with van der Waals surface area (Å²) in [4.78, 5) is 37.9. The molecule has 5 rings (SSSR count). The number of methoxy groups -OCH3 is 1. The molecule has 2 aromatic heterocycles. The van der Waals surface area contributed by atoms with Crippen LogP contribution in [-0.4, -0.2) is 92.9 Å². The molecule has 1 saturated heterocycles. The van der Waals surface area contributed by atoms with E-state index in [0.29, 0.717) is 67.1 Å². The largest absolute Gasteiger partial charge is 0.383 e. The first-order chi connectivity index (χ1) is 20.2. The number of sulfonamides is 1. The third-order valence-electron chi connectivity index (χ3n) is 8.05. The molecule has 1 aromatic carbocycles. The topological polar surface area (TPSA) is 134 Å². The van der Waals surface area contributed by atoms with E-state index < -0.39 is 15.9 Å². The Balaban J connectivity index is 1.32. The molecule has 0 bridgehead atoms. The molecule has 13 heteroatoms. The van der Waals surface area contributed by atoms with Gasteiger partial charge in [0.25, 0.3) is 5.91 Å². The molecule has 0 spiro atoms. The molecule has 0 unspecified atom stereocenters. The van der Waals surface area contributed by atoms with Gasteiger partial charge in [-0.15, -0.1) is 0 Å². The summed E-state index contributed by atoms with van der Waals surface area (Å²) in [6.07, 6.45) is 5.17. The molecule has 2 amide bonds. The molecule has 3 heterocycles. The molecule has 2 N–H and O–H groups in total. The molecular weight excluding hydrogens is 576 g/mol. The summed E-state index contributed by atoms with van der Waals surface area (Å²) in [6, 6.07) is 10.1. The van der Waals surface area contributed by atoms with Crippen molar-refractivity contribution in [3.63, 3.8) is 0 Å². The highest BCUT2D eigenvalue weighted by atomic mass is 32.2. The number of anilines is 1. The molecule has 1 aliphatic heterocycles. The van der Waals surface area contributed by atoms with Gasteiger partial charge in [-0.05, 0) is 49.2 Å². The fraction of sp³-hybridized carbons (Fsp3) is 0.517. The number of likely N-dealkylation sites (N-methyl/N-ethyl adjacent to an activating group) is 1. The Morgan fingerprint density at radius 3 is 2.45 bits per heavy atom. The van der Waals surface area contributed by atoms with Crippen LogP contribution in [0.5, 0.6) is 0 Å². The molecule has 0 radical (unpaired) electrons. The average Bonchev–Trinajstić information content (AvgIpc) is 3.65. The monoisotopic (exact) mass is 614 g/mol. The van der Waals surface area contributed by atoms with Crippen LogP contribution < -0.4 is 10.6 Å². The number of nitrogens with zero attached hydrogens (tertiary/aromatic N) is 4. The van der Waals surface area contributed by atoms with Gasteiger partial charge in [0.05, 0.1) is 17.4 Å². The quantitative estimate of drug-likeness (QED) is 0.315. The smallest absolute Gasteiger partial charge is 0.270 e. The first-order valence-electron chi connectivity index (χ1n) is 14.4. The number of pyridine rings is 1. The SMILES string of the molecule is COCCNC(=O)c1ccc2nc(NC(=O)[C@H](CC3CCCC3)c3ccc(S(=O)(=O)N4CCN(C)CC4)cc3)sc2n1. The van der Waals surface area contributed by atoms with Gasteiger partial charge in [-0.1, -0.05) is 49.2 Å². The van der Waals surface area contributed by atoms with Gasteiger partial charge in [-0.3, -0.25) is 9.59 Å². The molecule has 11 nitrogen and oxygen atoms in total. The summed E-state index contributed by atoms with van der Waals surface area (Å²) in [7, 11) is -0.0412. The van der Waals surface area contributed by atoms with E-state index in [9.17, 15) is 18.0 Å². The zero-order valence-corrected chi connectivity index (χ0v) is 25.7. The molecule has 2 fully saturated rings. The highest BCUT2D eigenvalue weighted by Gasteiger charge is 2.30. The van der Waals surface area contributed by atoms with E-state index in [1.54, 1.807) is 43.5 Å². The number of ether oxygens (including phenoxy) is 1. The van der Waals surface area contributed by atoms with E-state index in [0.717, 1.165) is 31.2 Å². The minimum absolute atomic E-state index is 0.187. The lowest BCUT2D eigenvalue weighted by Crippen LogP contribution is -2.47. The summed E-state index contributed by atoms with van der Waals surface area (Å²) in [5, 5.41) is 6.13. The fourth-order valence-electron chi connectivity index (χ4n) is 5.57. The second kappa shape index (κ2) is 13.6. The normalized spacial score (nSPS) is 17.9. The number of hydrogen-bond acceptors (Lipinski definition) is 9. The van der Waals surface area contributed by atoms with Crippen LogP contribution in [0.25, 0.3) is 10.3 Å². The predicted molar refractivity (Wildman–Crippen MR) is 162 cm³/mol. The first-order valence-corrected chi connectivity index (χ1v) is 16.6. The summed E-state index contributed by atoms with van der Waals surface area (Å²) < 4.78 is 33.0. The molecule has 2 aliphatic rings. The summed E-state index contributed by atoms with van der Waals surface area (Å²) in [5.74, 6) is -0.503. The highest BCUT2D eigenvalue weighted by molar-refractivity contribution is 7.89. The lowest BCUT2D eigenvalue weighted by Gasteiger charge is -2.31. The molecule has 1 aliphatic carbocycles. The van der Waals surface area contributed by atoms with Crippen LogP contribution in [0.4, 0.5) is 5.13 Å². The number of piperazine rings is 1. The second-order valence-corrected chi connectivity index (χ2v) is 13.9. The van der Waals surface area contributed by atoms with Gasteiger partial charge in [-0.25, -0.2) is 18.4 Å². The van der Waals surface area contributed by atoms with Crippen molar-refractivity contribution in [3.8, 4) is 0 Å². The number of nitrogens with one attached hydrogen (secondary N) is 2. The van der Waals surface area contributed by atoms with Crippen LogP contribution in [0, 0.1) is 5.92 Å². The standard InChI is InChI=1S/C29H38N6O5S2/c1-34-14-16-35(17-15-34)42(38,39)22-9-7-21(8-10-22)23(19-20-5-3-4-6-20)26(36)33-29-32-25-12-11-24(31-28(25)41-29)27(37)30-13-18-40-2/h7-12,20,23H,3-6,13-19H2,1-2H3,(H,30,37)(H,32,33,36)/t23-/m1/s1. The Hall–Kier alpha value is -2.97. The molecule has 3 aromatic rings.